The molecule has 0 atom stereocenters. The molecule has 1 saturated carbocycles. The van der Waals surface area contributed by atoms with Crippen molar-refractivity contribution in [2.24, 2.45) is 11.3 Å². The molecule has 2 heterocycles. The molecular weight excluding hydrogens is 331 g/mol. The van der Waals surface area contributed by atoms with Gasteiger partial charge in [-0.25, -0.2) is 0 Å². The third-order valence-electron chi connectivity index (χ3n) is 5.66. The lowest BCUT2D eigenvalue weighted by Gasteiger charge is -2.41. The van der Waals surface area contributed by atoms with Gasteiger partial charge in [-0.1, -0.05) is 13.8 Å². The first-order valence-corrected chi connectivity index (χ1v) is 8.98. The quantitative estimate of drug-likeness (QED) is 0.823. The molecule has 0 unspecified atom stereocenters. The molecule has 4 nitrogen and oxygen atoms in total. The first-order valence-electron chi connectivity index (χ1n) is 8.98. The van der Waals surface area contributed by atoms with E-state index in [-0.39, 0.29) is 18.4 Å². The fraction of sp³-hybridized carbons (Fsp3) is 0.778. The van der Waals surface area contributed by atoms with Gasteiger partial charge in [0, 0.05) is 19.3 Å². The number of hydrogen-bond acceptors (Lipinski definition) is 2. The molecule has 0 radical (unpaired) electrons. The van der Waals surface area contributed by atoms with E-state index in [4.69, 9.17) is 0 Å². The van der Waals surface area contributed by atoms with Crippen molar-refractivity contribution in [2.75, 3.05) is 13.1 Å². The Kier molecular flexibility index (Phi) is 4.40. The standard InChI is InChI=1S/C18H26F3N3O/c1-13(2)10-14-11-22-24(12-14)16(3)6-8-23(9-7-16)15(25)17(4-5-17)18(19,20)21/h11-13H,4-10H2,1-3H3. The summed E-state index contributed by atoms with van der Waals surface area (Å²) in [5, 5.41) is 4.47. The van der Waals surface area contributed by atoms with Crippen molar-refractivity contribution in [3.05, 3.63) is 18.0 Å². The van der Waals surface area contributed by atoms with Crippen molar-refractivity contribution in [2.45, 2.75) is 64.6 Å². The van der Waals surface area contributed by atoms with Crippen molar-refractivity contribution >= 4 is 5.91 Å². The van der Waals surface area contributed by atoms with Crippen molar-refractivity contribution in [3.8, 4) is 0 Å². The molecule has 0 spiro atoms. The SMILES string of the molecule is CC(C)Cc1cnn(C2(C)CCN(C(=O)C3(C(F)(F)F)CC3)CC2)c1. The van der Waals surface area contributed by atoms with Gasteiger partial charge in [-0.05, 0) is 50.5 Å². The van der Waals surface area contributed by atoms with E-state index in [0.29, 0.717) is 31.8 Å². The van der Waals surface area contributed by atoms with Crippen LogP contribution in [0.15, 0.2) is 12.4 Å². The number of hydrogen-bond donors (Lipinski definition) is 0. The number of amides is 1. The van der Waals surface area contributed by atoms with Gasteiger partial charge in [-0.2, -0.15) is 18.3 Å². The van der Waals surface area contributed by atoms with Crippen LogP contribution in [0.3, 0.4) is 0 Å². The number of alkyl halides is 3. The van der Waals surface area contributed by atoms with Gasteiger partial charge >= 0.3 is 6.18 Å². The van der Waals surface area contributed by atoms with E-state index in [9.17, 15) is 18.0 Å². The van der Waals surface area contributed by atoms with Gasteiger partial charge in [0.05, 0.1) is 11.7 Å². The lowest BCUT2D eigenvalue weighted by Crippen LogP contribution is -2.51. The molecule has 1 aromatic rings. The average molecular weight is 357 g/mol. The second-order valence-electron chi connectivity index (χ2n) is 8.26. The van der Waals surface area contributed by atoms with Crippen molar-refractivity contribution < 1.29 is 18.0 Å². The zero-order valence-electron chi connectivity index (χ0n) is 15.1. The van der Waals surface area contributed by atoms with Crippen molar-refractivity contribution in [1.82, 2.24) is 14.7 Å². The highest BCUT2D eigenvalue weighted by Gasteiger charge is 2.69. The van der Waals surface area contributed by atoms with Crippen LogP contribution in [0.5, 0.6) is 0 Å². The lowest BCUT2D eigenvalue weighted by molar-refractivity contribution is -0.199. The average Bonchev–Trinajstić information content (AvgIpc) is 3.21. The first kappa shape index (κ1) is 18.3. The highest BCUT2D eigenvalue weighted by atomic mass is 19.4. The summed E-state index contributed by atoms with van der Waals surface area (Å²) in [5.74, 6) is -0.190. The molecule has 1 aliphatic heterocycles. The third kappa shape index (κ3) is 3.29. The number of halogens is 3. The Morgan fingerprint density at radius 2 is 1.84 bits per heavy atom. The summed E-state index contributed by atoms with van der Waals surface area (Å²) < 4.78 is 41.4. The number of carbonyl (C=O) groups excluding carboxylic acids is 1. The molecule has 1 aliphatic carbocycles. The Hall–Kier alpha value is -1.53. The molecule has 3 rings (SSSR count). The smallest absolute Gasteiger partial charge is 0.342 e. The van der Waals surface area contributed by atoms with Crippen LogP contribution in [-0.2, 0) is 16.8 Å². The molecule has 1 saturated heterocycles. The molecule has 0 N–H and O–H groups in total. The molecule has 25 heavy (non-hydrogen) atoms. The highest BCUT2D eigenvalue weighted by molar-refractivity contribution is 5.86. The predicted octanol–water partition coefficient (Wildman–Crippen LogP) is 3.76. The summed E-state index contributed by atoms with van der Waals surface area (Å²) in [5.41, 5.74) is -1.18. The maximum atomic E-state index is 13.2. The van der Waals surface area contributed by atoms with Gasteiger partial charge in [0.1, 0.15) is 5.41 Å². The topological polar surface area (TPSA) is 38.1 Å². The maximum Gasteiger partial charge on any atom is 0.403 e. The van der Waals surface area contributed by atoms with Gasteiger partial charge in [0.25, 0.3) is 0 Å². The fourth-order valence-corrected chi connectivity index (χ4v) is 3.70. The molecule has 1 amide bonds. The van der Waals surface area contributed by atoms with Crippen molar-refractivity contribution in [1.29, 1.82) is 0 Å². The van der Waals surface area contributed by atoms with E-state index < -0.39 is 17.5 Å². The van der Waals surface area contributed by atoms with Gasteiger partial charge in [-0.3, -0.25) is 9.48 Å². The molecule has 1 aromatic heterocycles. The zero-order valence-corrected chi connectivity index (χ0v) is 15.1. The molecular formula is C18H26F3N3O. The minimum Gasteiger partial charge on any atom is -0.342 e. The molecule has 2 aliphatic rings. The number of rotatable bonds is 4. The summed E-state index contributed by atoms with van der Waals surface area (Å²) in [7, 11) is 0. The van der Waals surface area contributed by atoms with Crippen molar-refractivity contribution in [3.63, 3.8) is 0 Å². The van der Waals surface area contributed by atoms with E-state index in [1.165, 1.54) is 10.5 Å². The van der Waals surface area contributed by atoms with Gasteiger partial charge < -0.3 is 4.90 Å². The molecule has 140 valence electrons. The molecule has 0 bridgehead atoms. The largest absolute Gasteiger partial charge is 0.403 e. The zero-order chi connectivity index (χ0) is 18.5. The van der Waals surface area contributed by atoms with Crippen LogP contribution in [0.1, 0.15) is 52.0 Å². The minimum absolute atomic E-state index is 0.0686. The number of carbonyl (C=O) groups is 1. The van der Waals surface area contributed by atoms with Gasteiger partial charge in [0.15, 0.2) is 0 Å². The summed E-state index contributed by atoms with van der Waals surface area (Å²) in [6.45, 7) is 7.08. The maximum absolute atomic E-state index is 13.2. The summed E-state index contributed by atoms with van der Waals surface area (Å²) >= 11 is 0. The number of nitrogens with zero attached hydrogens (tertiary/aromatic N) is 3. The van der Waals surface area contributed by atoms with E-state index in [1.807, 2.05) is 17.1 Å². The van der Waals surface area contributed by atoms with Crippen LogP contribution < -0.4 is 0 Å². The van der Waals surface area contributed by atoms with Gasteiger partial charge in [-0.15, -0.1) is 0 Å². The Morgan fingerprint density at radius 3 is 2.32 bits per heavy atom. The fourth-order valence-electron chi connectivity index (χ4n) is 3.70. The summed E-state index contributed by atoms with van der Waals surface area (Å²) in [4.78, 5) is 13.8. The Balaban J connectivity index is 1.65. The second-order valence-corrected chi connectivity index (χ2v) is 8.26. The van der Waals surface area contributed by atoms with E-state index in [0.717, 1.165) is 6.42 Å². The van der Waals surface area contributed by atoms with Crippen LogP contribution in [0.25, 0.3) is 0 Å². The van der Waals surface area contributed by atoms with Crippen LogP contribution in [-0.4, -0.2) is 39.9 Å². The number of likely N-dealkylation sites (tertiary alicyclic amines) is 1. The normalized spacial score (nSPS) is 22.3. The monoisotopic (exact) mass is 357 g/mol. The molecule has 2 fully saturated rings. The Morgan fingerprint density at radius 1 is 1.24 bits per heavy atom. The third-order valence-corrected chi connectivity index (χ3v) is 5.66. The molecule has 0 aromatic carbocycles. The van der Waals surface area contributed by atoms with E-state index in [1.54, 1.807) is 0 Å². The second kappa shape index (κ2) is 6.02. The summed E-state index contributed by atoms with van der Waals surface area (Å²) in [6.07, 6.45) is 1.53. The number of aromatic nitrogens is 2. The highest BCUT2D eigenvalue weighted by Crippen LogP contribution is 2.58. The van der Waals surface area contributed by atoms with Crippen LogP contribution in [0.2, 0.25) is 0 Å². The van der Waals surface area contributed by atoms with Gasteiger partial charge in [0.2, 0.25) is 5.91 Å². The van der Waals surface area contributed by atoms with Crippen LogP contribution >= 0.6 is 0 Å². The first-order chi connectivity index (χ1) is 11.6. The number of piperidine rings is 1. The molecule has 7 heteroatoms. The van der Waals surface area contributed by atoms with Crippen LogP contribution in [0.4, 0.5) is 13.2 Å². The van der Waals surface area contributed by atoms with E-state index >= 15 is 0 Å². The Bertz CT molecular complexity index is 638. The lowest BCUT2D eigenvalue weighted by atomic mass is 9.88. The minimum atomic E-state index is -4.43. The predicted molar refractivity (Wildman–Crippen MR) is 88.0 cm³/mol. The Labute approximate surface area is 146 Å². The van der Waals surface area contributed by atoms with Crippen LogP contribution in [0, 0.1) is 11.3 Å². The van der Waals surface area contributed by atoms with E-state index in [2.05, 4.69) is 25.9 Å². The summed E-state index contributed by atoms with van der Waals surface area (Å²) in [6, 6.07) is 0.